The third kappa shape index (κ3) is 4.33. The first-order valence-electron chi connectivity index (χ1n) is 6.88. The van der Waals surface area contributed by atoms with Gasteiger partial charge >= 0.3 is 0 Å². The molecule has 0 unspecified atom stereocenters. The Morgan fingerprint density at radius 3 is 2.48 bits per heavy atom. The molecule has 0 aromatic heterocycles. The average molecular weight is 284 g/mol. The lowest BCUT2D eigenvalue weighted by atomic mass is 10.1. The normalized spacial score (nSPS) is 11.9. The van der Waals surface area contributed by atoms with Crippen LogP contribution in [0.5, 0.6) is 5.75 Å². The minimum atomic E-state index is -0.560. The molecule has 0 saturated carbocycles. The molecule has 0 fully saturated rings. The summed E-state index contributed by atoms with van der Waals surface area (Å²) in [7, 11) is 1.72. The Morgan fingerprint density at radius 2 is 1.81 bits per heavy atom. The Morgan fingerprint density at radius 1 is 1.14 bits per heavy atom. The predicted molar refractivity (Wildman–Crippen MR) is 82.7 cm³/mol. The fourth-order valence-corrected chi connectivity index (χ4v) is 2.25. The Kier molecular flexibility index (Phi) is 4.95. The van der Waals surface area contributed by atoms with Gasteiger partial charge in [-0.25, -0.2) is 0 Å². The molecule has 0 spiro atoms. The van der Waals surface area contributed by atoms with Crippen LogP contribution in [0, 0.1) is 0 Å². The van der Waals surface area contributed by atoms with Crippen LogP contribution in [-0.2, 0) is 17.8 Å². The van der Waals surface area contributed by atoms with Crippen molar-refractivity contribution in [3.8, 4) is 5.75 Å². The molecule has 2 aromatic carbocycles. The molecule has 4 nitrogen and oxygen atoms in total. The summed E-state index contributed by atoms with van der Waals surface area (Å²) in [5, 5.41) is 9.44. The molecule has 0 heterocycles. The molecule has 1 atom stereocenters. The maximum atomic E-state index is 12.3. The molecule has 21 heavy (non-hydrogen) atoms. The molecule has 0 aliphatic rings. The number of hydrogen-bond donors (Lipinski definition) is 2. The molecule has 3 N–H and O–H groups in total. The number of rotatable bonds is 5. The molecule has 2 aromatic rings. The highest BCUT2D eigenvalue weighted by molar-refractivity contribution is 5.81. The second-order valence-electron chi connectivity index (χ2n) is 5.16. The summed E-state index contributed by atoms with van der Waals surface area (Å²) in [6.07, 6.45) is 0.518. The second kappa shape index (κ2) is 6.90. The van der Waals surface area contributed by atoms with E-state index in [2.05, 4.69) is 0 Å². The minimum Gasteiger partial charge on any atom is -0.508 e. The van der Waals surface area contributed by atoms with Gasteiger partial charge in [-0.05, 0) is 29.7 Å². The van der Waals surface area contributed by atoms with Crippen LogP contribution in [-0.4, -0.2) is 29.0 Å². The van der Waals surface area contributed by atoms with Crippen LogP contribution >= 0.6 is 0 Å². The zero-order valence-electron chi connectivity index (χ0n) is 12.1. The van der Waals surface area contributed by atoms with Gasteiger partial charge in [0.05, 0.1) is 6.04 Å². The zero-order chi connectivity index (χ0) is 15.2. The topological polar surface area (TPSA) is 66.6 Å². The summed E-state index contributed by atoms with van der Waals surface area (Å²) in [6.45, 7) is 0.426. The van der Waals surface area contributed by atoms with Crippen LogP contribution in [0.3, 0.4) is 0 Å². The molecule has 0 aliphatic carbocycles. The Hall–Kier alpha value is -2.33. The number of phenolic OH excluding ortho intramolecular Hbond substituents is 1. The van der Waals surface area contributed by atoms with Crippen LogP contribution in [0.4, 0.5) is 0 Å². The van der Waals surface area contributed by atoms with E-state index in [1.165, 1.54) is 0 Å². The summed E-state index contributed by atoms with van der Waals surface area (Å²) in [5.41, 5.74) is 7.91. The van der Waals surface area contributed by atoms with E-state index in [9.17, 15) is 9.90 Å². The third-order valence-corrected chi connectivity index (χ3v) is 3.32. The highest BCUT2D eigenvalue weighted by atomic mass is 16.3. The number of nitrogens with zero attached hydrogens (tertiary/aromatic N) is 1. The lowest BCUT2D eigenvalue weighted by Crippen LogP contribution is -2.42. The van der Waals surface area contributed by atoms with Gasteiger partial charge in [0.1, 0.15) is 5.75 Å². The molecular formula is C17H20N2O2. The summed E-state index contributed by atoms with van der Waals surface area (Å²) in [4.78, 5) is 13.9. The lowest BCUT2D eigenvalue weighted by Gasteiger charge is -2.21. The molecule has 0 saturated heterocycles. The molecule has 1 amide bonds. The monoisotopic (exact) mass is 284 g/mol. The highest BCUT2D eigenvalue weighted by Crippen LogP contribution is 2.13. The first-order chi connectivity index (χ1) is 10.1. The molecule has 0 aliphatic heterocycles. The smallest absolute Gasteiger partial charge is 0.239 e. The van der Waals surface area contributed by atoms with Crippen LogP contribution in [0.1, 0.15) is 11.1 Å². The number of aromatic hydroxyl groups is 1. The minimum absolute atomic E-state index is 0.109. The van der Waals surface area contributed by atoms with Crippen molar-refractivity contribution < 1.29 is 9.90 Å². The number of carbonyl (C=O) groups excluding carboxylic acids is 1. The molecule has 0 bridgehead atoms. The lowest BCUT2D eigenvalue weighted by molar-refractivity contribution is -0.131. The van der Waals surface area contributed by atoms with Crippen molar-refractivity contribution >= 4 is 5.91 Å². The number of nitrogens with two attached hydrogens (primary N) is 1. The molecule has 110 valence electrons. The molecule has 0 radical (unpaired) electrons. The maximum Gasteiger partial charge on any atom is 0.239 e. The Bertz CT molecular complexity index is 599. The Balaban J connectivity index is 1.95. The van der Waals surface area contributed by atoms with E-state index in [0.29, 0.717) is 13.0 Å². The van der Waals surface area contributed by atoms with E-state index in [4.69, 9.17) is 5.73 Å². The standard InChI is InChI=1S/C17H20N2O2/c1-19(12-14-8-5-9-15(20)10-14)17(21)16(18)11-13-6-3-2-4-7-13/h2-10,16,20H,11-12,18H2,1H3/t16-/m1/s1. The first-order valence-corrected chi connectivity index (χ1v) is 6.88. The van der Waals surface area contributed by atoms with E-state index in [1.807, 2.05) is 36.4 Å². The van der Waals surface area contributed by atoms with Crippen molar-refractivity contribution in [1.29, 1.82) is 0 Å². The van der Waals surface area contributed by atoms with E-state index in [0.717, 1.165) is 11.1 Å². The van der Waals surface area contributed by atoms with Crippen LogP contribution in [0.25, 0.3) is 0 Å². The average Bonchev–Trinajstić information content (AvgIpc) is 2.47. The van der Waals surface area contributed by atoms with Crippen molar-refractivity contribution in [2.24, 2.45) is 5.73 Å². The van der Waals surface area contributed by atoms with Crippen LogP contribution in [0.2, 0.25) is 0 Å². The fraction of sp³-hybridized carbons (Fsp3) is 0.235. The summed E-state index contributed by atoms with van der Waals surface area (Å²) in [6, 6.07) is 16.0. The van der Waals surface area contributed by atoms with Crippen molar-refractivity contribution in [2.75, 3.05) is 7.05 Å². The summed E-state index contributed by atoms with van der Waals surface area (Å²) >= 11 is 0. The predicted octanol–water partition coefficient (Wildman–Crippen LogP) is 1.92. The van der Waals surface area contributed by atoms with Gasteiger partial charge in [0.15, 0.2) is 0 Å². The summed E-state index contributed by atoms with van der Waals surface area (Å²) in [5.74, 6) is 0.0872. The van der Waals surface area contributed by atoms with Gasteiger partial charge in [0, 0.05) is 13.6 Å². The number of carbonyl (C=O) groups is 1. The van der Waals surface area contributed by atoms with Gasteiger partial charge in [0.2, 0.25) is 5.91 Å². The van der Waals surface area contributed by atoms with Gasteiger partial charge < -0.3 is 15.7 Å². The van der Waals surface area contributed by atoms with E-state index in [-0.39, 0.29) is 11.7 Å². The number of amides is 1. The van der Waals surface area contributed by atoms with Crippen molar-refractivity contribution in [3.63, 3.8) is 0 Å². The molecular weight excluding hydrogens is 264 g/mol. The van der Waals surface area contributed by atoms with Gasteiger partial charge in [-0.1, -0.05) is 42.5 Å². The zero-order valence-corrected chi connectivity index (χ0v) is 12.1. The number of phenols is 1. The van der Waals surface area contributed by atoms with Crippen molar-refractivity contribution in [2.45, 2.75) is 19.0 Å². The SMILES string of the molecule is CN(Cc1cccc(O)c1)C(=O)[C@H](N)Cc1ccccc1. The van der Waals surface area contributed by atoms with E-state index < -0.39 is 6.04 Å². The Labute approximate surface area is 124 Å². The quantitative estimate of drug-likeness (QED) is 0.881. The van der Waals surface area contributed by atoms with Gasteiger partial charge in [-0.3, -0.25) is 4.79 Å². The van der Waals surface area contributed by atoms with Crippen molar-refractivity contribution in [3.05, 3.63) is 65.7 Å². The van der Waals surface area contributed by atoms with Gasteiger partial charge in [-0.2, -0.15) is 0 Å². The first kappa shape index (κ1) is 15.1. The molecule has 2 rings (SSSR count). The van der Waals surface area contributed by atoms with Gasteiger partial charge in [0.25, 0.3) is 0 Å². The fourth-order valence-electron chi connectivity index (χ4n) is 2.25. The highest BCUT2D eigenvalue weighted by Gasteiger charge is 2.18. The van der Waals surface area contributed by atoms with Crippen LogP contribution < -0.4 is 5.73 Å². The number of benzene rings is 2. The second-order valence-corrected chi connectivity index (χ2v) is 5.16. The van der Waals surface area contributed by atoms with Crippen LogP contribution in [0.15, 0.2) is 54.6 Å². The van der Waals surface area contributed by atoms with Gasteiger partial charge in [-0.15, -0.1) is 0 Å². The largest absolute Gasteiger partial charge is 0.508 e. The maximum absolute atomic E-state index is 12.3. The third-order valence-electron chi connectivity index (χ3n) is 3.32. The van der Waals surface area contributed by atoms with E-state index in [1.54, 1.807) is 30.1 Å². The number of likely N-dealkylation sites (N-methyl/N-ethyl adjacent to an activating group) is 1. The molecule has 4 heteroatoms. The summed E-state index contributed by atoms with van der Waals surface area (Å²) < 4.78 is 0. The van der Waals surface area contributed by atoms with E-state index >= 15 is 0 Å². The number of hydrogen-bond acceptors (Lipinski definition) is 3. The van der Waals surface area contributed by atoms with Crippen molar-refractivity contribution in [1.82, 2.24) is 4.90 Å².